The van der Waals surface area contributed by atoms with E-state index in [0.29, 0.717) is 23.4 Å². The van der Waals surface area contributed by atoms with Gasteiger partial charge in [0, 0.05) is 32.7 Å². The minimum absolute atomic E-state index is 0. The number of nitrogens with one attached hydrogen (secondary N) is 2. The van der Waals surface area contributed by atoms with E-state index in [9.17, 15) is 21.6 Å². The van der Waals surface area contributed by atoms with Gasteiger partial charge in [-0.1, -0.05) is 12.1 Å². The Kier molecular flexibility index (Phi) is 10.6. The quantitative estimate of drug-likeness (QED) is 0.303. The Morgan fingerprint density at radius 2 is 1.97 bits per heavy atom. The lowest BCUT2D eigenvalue weighted by atomic mass is 10.1. The molecule has 0 aromatic heterocycles. The molecule has 0 bridgehead atoms. The number of halogens is 4. The predicted molar refractivity (Wildman–Crippen MR) is 121 cm³/mol. The summed E-state index contributed by atoms with van der Waals surface area (Å²) in [6.07, 6.45) is 1.28. The first-order valence-electron chi connectivity index (χ1n) is 9.42. The Morgan fingerprint density at radius 3 is 2.53 bits per heavy atom. The average Bonchev–Trinajstić information content (AvgIpc) is 2.67. The average molecular weight is 564 g/mol. The number of hydrogen-bond donors (Lipinski definition) is 2. The van der Waals surface area contributed by atoms with Crippen molar-refractivity contribution in [1.29, 1.82) is 0 Å². The molecule has 30 heavy (non-hydrogen) atoms. The van der Waals surface area contributed by atoms with Gasteiger partial charge < -0.3 is 15.4 Å². The van der Waals surface area contributed by atoms with Crippen molar-refractivity contribution in [2.45, 2.75) is 37.7 Å². The minimum atomic E-state index is -5.26. The largest absolute Gasteiger partial charge is 0.511 e. The molecule has 0 aliphatic carbocycles. The number of rotatable bonds is 7. The van der Waals surface area contributed by atoms with E-state index in [-0.39, 0.29) is 55.9 Å². The van der Waals surface area contributed by atoms with E-state index >= 15 is 0 Å². The molecule has 0 spiro atoms. The van der Waals surface area contributed by atoms with Crippen LogP contribution < -0.4 is 15.4 Å². The third kappa shape index (κ3) is 7.45. The summed E-state index contributed by atoms with van der Waals surface area (Å²) in [6, 6.07) is 7.64. The molecule has 0 atom stereocenters. The molecule has 12 heteroatoms. The minimum Gasteiger partial charge on any atom is -0.494 e. The first-order valence-corrected chi connectivity index (χ1v) is 10.9. The van der Waals surface area contributed by atoms with Crippen LogP contribution in [0.15, 0.2) is 29.3 Å². The lowest BCUT2D eigenvalue weighted by Crippen LogP contribution is -2.51. The molecule has 0 radical (unpaired) electrons. The number of piperidine rings is 1. The van der Waals surface area contributed by atoms with Crippen LogP contribution in [0.5, 0.6) is 5.75 Å². The molecule has 2 rings (SSSR count). The molecule has 0 amide bonds. The maximum atomic E-state index is 12.6. The third-order valence-electron chi connectivity index (χ3n) is 4.57. The Labute approximate surface area is 192 Å². The van der Waals surface area contributed by atoms with Crippen molar-refractivity contribution in [3.8, 4) is 5.75 Å². The Hall–Kier alpha value is -1.28. The van der Waals surface area contributed by atoms with Crippen LogP contribution in [0, 0.1) is 0 Å². The SMILES string of the molecule is CCOc1cccc(CCNC(=NC)NC2CCN(S(=O)(=O)C(F)(F)F)CC2)c1.I. The molecule has 1 saturated heterocycles. The van der Waals surface area contributed by atoms with Crippen molar-refractivity contribution in [2.75, 3.05) is 33.3 Å². The number of ether oxygens (including phenoxy) is 1. The molecular weight excluding hydrogens is 536 g/mol. The second kappa shape index (κ2) is 11.9. The summed E-state index contributed by atoms with van der Waals surface area (Å²) in [6.45, 7) is 2.77. The first kappa shape index (κ1) is 26.8. The summed E-state index contributed by atoms with van der Waals surface area (Å²) in [5.74, 6) is 1.34. The normalized spacial score (nSPS) is 16.6. The van der Waals surface area contributed by atoms with E-state index in [4.69, 9.17) is 4.74 Å². The Morgan fingerprint density at radius 1 is 1.30 bits per heavy atom. The molecule has 1 aliphatic heterocycles. The highest BCUT2D eigenvalue weighted by atomic mass is 127. The van der Waals surface area contributed by atoms with Gasteiger partial charge in [-0.25, -0.2) is 8.42 Å². The number of alkyl halides is 3. The van der Waals surface area contributed by atoms with Gasteiger partial charge in [-0.15, -0.1) is 24.0 Å². The molecule has 1 aliphatic rings. The summed E-state index contributed by atoms with van der Waals surface area (Å²) in [7, 11) is -3.65. The maximum Gasteiger partial charge on any atom is 0.511 e. The van der Waals surface area contributed by atoms with Gasteiger partial charge in [0.1, 0.15) is 5.75 Å². The first-order chi connectivity index (χ1) is 13.7. The molecule has 1 aromatic carbocycles. The highest BCUT2D eigenvalue weighted by Crippen LogP contribution is 2.28. The van der Waals surface area contributed by atoms with Gasteiger partial charge in [0.15, 0.2) is 5.96 Å². The molecule has 0 saturated carbocycles. The fraction of sp³-hybridized carbons (Fsp3) is 0.611. The van der Waals surface area contributed by atoms with Crippen molar-refractivity contribution in [2.24, 2.45) is 4.99 Å². The second-order valence-electron chi connectivity index (χ2n) is 6.60. The van der Waals surface area contributed by atoms with Gasteiger partial charge in [0.2, 0.25) is 0 Å². The van der Waals surface area contributed by atoms with Crippen LogP contribution in [0.1, 0.15) is 25.3 Å². The standard InChI is InChI=1S/C18H27F3N4O3S.HI/c1-3-28-16-6-4-5-14(13-16)7-10-23-17(22-2)24-15-8-11-25(12-9-15)29(26,27)18(19,20)21;/h4-6,13,15H,3,7-12H2,1-2H3,(H2,22,23,24);1H. The fourth-order valence-electron chi connectivity index (χ4n) is 3.06. The van der Waals surface area contributed by atoms with E-state index in [1.165, 1.54) is 0 Å². The van der Waals surface area contributed by atoms with Gasteiger partial charge in [-0.05, 0) is 43.9 Å². The smallest absolute Gasteiger partial charge is 0.494 e. The van der Waals surface area contributed by atoms with Crippen LogP contribution >= 0.6 is 24.0 Å². The van der Waals surface area contributed by atoms with Crippen molar-refractivity contribution in [3.63, 3.8) is 0 Å². The molecule has 1 aromatic rings. The fourth-order valence-corrected chi connectivity index (χ4v) is 4.04. The van der Waals surface area contributed by atoms with Gasteiger partial charge in [-0.2, -0.15) is 17.5 Å². The van der Waals surface area contributed by atoms with Gasteiger partial charge >= 0.3 is 15.5 Å². The number of hydrogen-bond acceptors (Lipinski definition) is 4. The van der Waals surface area contributed by atoms with Crippen molar-refractivity contribution in [1.82, 2.24) is 14.9 Å². The van der Waals surface area contributed by atoms with E-state index < -0.39 is 15.5 Å². The molecule has 1 fully saturated rings. The Balaban J connectivity index is 0.00000450. The van der Waals surface area contributed by atoms with E-state index in [2.05, 4.69) is 15.6 Å². The van der Waals surface area contributed by atoms with Gasteiger partial charge in [0.05, 0.1) is 6.61 Å². The van der Waals surface area contributed by atoms with Crippen molar-refractivity contribution >= 4 is 40.0 Å². The monoisotopic (exact) mass is 564 g/mol. The Bertz CT molecular complexity index is 798. The summed E-state index contributed by atoms with van der Waals surface area (Å²) in [4.78, 5) is 4.13. The topological polar surface area (TPSA) is 83.0 Å². The molecule has 0 unspecified atom stereocenters. The molecular formula is C18H28F3IN4O3S. The predicted octanol–water partition coefficient (Wildman–Crippen LogP) is 2.72. The highest BCUT2D eigenvalue weighted by molar-refractivity contribution is 14.0. The van der Waals surface area contributed by atoms with Gasteiger partial charge in [-0.3, -0.25) is 4.99 Å². The maximum absolute atomic E-state index is 12.6. The van der Waals surface area contributed by atoms with Crippen LogP contribution in [0.4, 0.5) is 13.2 Å². The van der Waals surface area contributed by atoms with E-state index in [1.807, 2.05) is 31.2 Å². The zero-order valence-corrected chi connectivity index (χ0v) is 20.1. The molecule has 172 valence electrons. The van der Waals surface area contributed by atoms with Crippen molar-refractivity contribution < 1.29 is 26.3 Å². The van der Waals surface area contributed by atoms with Crippen LogP contribution in [-0.2, 0) is 16.4 Å². The number of guanidine groups is 1. The van der Waals surface area contributed by atoms with Gasteiger partial charge in [0.25, 0.3) is 0 Å². The zero-order chi connectivity index (χ0) is 21.5. The molecule has 1 heterocycles. The van der Waals surface area contributed by atoms with E-state index in [0.717, 1.165) is 17.7 Å². The lowest BCUT2D eigenvalue weighted by molar-refractivity contribution is -0.0494. The summed E-state index contributed by atoms with van der Waals surface area (Å²) < 4.78 is 66.8. The third-order valence-corrected chi connectivity index (χ3v) is 6.20. The summed E-state index contributed by atoms with van der Waals surface area (Å²) in [5, 5.41) is 6.31. The zero-order valence-electron chi connectivity index (χ0n) is 16.9. The van der Waals surface area contributed by atoms with Crippen LogP contribution in [0.25, 0.3) is 0 Å². The van der Waals surface area contributed by atoms with Crippen LogP contribution in [0.2, 0.25) is 0 Å². The second-order valence-corrected chi connectivity index (χ2v) is 8.53. The van der Waals surface area contributed by atoms with E-state index in [1.54, 1.807) is 7.05 Å². The summed E-state index contributed by atoms with van der Waals surface area (Å²) >= 11 is 0. The molecule has 2 N–H and O–H groups in total. The number of sulfonamides is 1. The van der Waals surface area contributed by atoms with Crippen molar-refractivity contribution in [3.05, 3.63) is 29.8 Å². The highest BCUT2D eigenvalue weighted by Gasteiger charge is 2.50. The number of aliphatic imine (C=N–C) groups is 1. The lowest BCUT2D eigenvalue weighted by Gasteiger charge is -2.32. The van der Waals surface area contributed by atoms with Crippen LogP contribution in [-0.4, -0.2) is 63.5 Å². The number of nitrogens with zero attached hydrogens (tertiary/aromatic N) is 2. The summed E-state index contributed by atoms with van der Waals surface area (Å²) in [5.41, 5.74) is -4.16. The van der Waals surface area contributed by atoms with Crippen LogP contribution in [0.3, 0.4) is 0 Å². The number of benzene rings is 1. The molecule has 7 nitrogen and oxygen atoms in total.